The Hall–Kier alpha value is -1.75. The third-order valence-electron chi connectivity index (χ3n) is 4.78. The van der Waals surface area contributed by atoms with Crippen LogP contribution in [0.3, 0.4) is 0 Å². The topological polar surface area (TPSA) is 67.8 Å². The Balaban J connectivity index is 1.68. The SMILES string of the molecule is O=C(NC(CCO)C1CCCCC1)c1ccc2c(c1)OCCO2. The maximum atomic E-state index is 12.6. The first kappa shape index (κ1) is 16.1. The van der Waals surface area contributed by atoms with Gasteiger partial charge in [0, 0.05) is 18.2 Å². The summed E-state index contributed by atoms with van der Waals surface area (Å²) in [6.45, 7) is 1.15. The molecule has 0 spiro atoms. The summed E-state index contributed by atoms with van der Waals surface area (Å²) in [6, 6.07) is 5.33. The predicted octanol–water partition coefficient (Wildman–Crippen LogP) is 2.52. The van der Waals surface area contributed by atoms with E-state index in [0.29, 0.717) is 42.6 Å². The van der Waals surface area contributed by atoms with Crippen LogP contribution >= 0.6 is 0 Å². The van der Waals surface area contributed by atoms with Crippen molar-refractivity contribution in [2.75, 3.05) is 19.8 Å². The Morgan fingerprint density at radius 1 is 1.17 bits per heavy atom. The molecule has 1 saturated carbocycles. The minimum absolute atomic E-state index is 0.0426. The first-order chi connectivity index (χ1) is 11.3. The monoisotopic (exact) mass is 319 g/mol. The third kappa shape index (κ3) is 3.96. The fourth-order valence-corrected chi connectivity index (χ4v) is 3.54. The Morgan fingerprint density at radius 2 is 1.91 bits per heavy atom. The highest BCUT2D eigenvalue weighted by Gasteiger charge is 2.25. The number of benzene rings is 1. The zero-order chi connectivity index (χ0) is 16.1. The predicted molar refractivity (Wildman–Crippen MR) is 87.0 cm³/mol. The molecule has 1 aliphatic carbocycles. The standard InChI is InChI=1S/C18H25NO4/c20-9-8-15(13-4-2-1-3-5-13)19-18(21)14-6-7-16-17(12-14)23-11-10-22-16/h6-7,12-13,15,20H,1-5,8-11H2,(H,19,21). The molecule has 1 atom stereocenters. The van der Waals surface area contributed by atoms with Crippen LogP contribution < -0.4 is 14.8 Å². The Morgan fingerprint density at radius 3 is 2.65 bits per heavy atom. The van der Waals surface area contributed by atoms with Crippen molar-refractivity contribution in [2.45, 2.75) is 44.6 Å². The van der Waals surface area contributed by atoms with Gasteiger partial charge in [-0.3, -0.25) is 4.79 Å². The van der Waals surface area contributed by atoms with Crippen molar-refractivity contribution in [3.63, 3.8) is 0 Å². The van der Waals surface area contributed by atoms with Crippen molar-refractivity contribution < 1.29 is 19.4 Å². The fraction of sp³-hybridized carbons (Fsp3) is 0.611. The van der Waals surface area contributed by atoms with Crippen molar-refractivity contribution in [3.8, 4) is 11.5 Å². The highest BCUT2D eigenvalue weighted by molar-refractivity contribution is 5.95. The number of aliphatic hydroxyl groups is 1. The second-order valence-corrected chi connectivity index (χ2v) is 6.35. The zero-order valence-electron chi connectivity index (χ0n) is 13.4. The van der Waals surface area contributed by atoms with Crippen LogP contribution in [0.1, 0.15) is 48.9 Å². The van der Waals surface area contributed by atoms with Gasteiger partial charge in [-0.05, 0) is 43.4 Å². The Bertz CT molecular complexity index is 540. The van der Waals surface area contributed by atoms with E-state index in [1.54, 1.807) is 18.2 Å². The number of amides is 1. The van der Waals surface area contributed by atoms with E-state index in [-0.39, 0.29) is 18.6 Å². The smallest absolute Gasteiger partial charge is 0.251 e. The molecule has 1 unspecified atom stereocenters. The van der Waals surface area contributed by atoms with E-state index in [4.69, 9.17) is 9.47 Å². The van der Waals surface area contributed by atoms with Gasteiger partial charge in [0.2, 0.25) is 0 Å². The van der Waals surface area contributed by atoms with Gasteiger partial charge in [0.1, 0.15) is 13.2 Å². The van der Waals surface area contributed by atoms with Gasteiger partial charge in [-0.1, -0.05) is 19.3 Å². The molecule has 1 amide bonds. The van der Waals surface area contributed by atoms with E-state index in [2.05, 4.69) is 5.32 Å². The molecule has 1 aromatic rings. The average Bonchev–Trinajstić information content (AvgIpc) is 2.61. The van der Waals surface area contributed by atoms with Crippen LogP contribution in [0.2, 0.25) is 0 Å². The quantitative estimate of drug-likeness (QED) is 0.875. The zero-order valence-corrected chi connectivity index (χ0v) is 13.4. The van der Waals surface area contributed by atoms with Crippen molar-refractivity contribution in [2.24, 2.45) is 5.92 Å². The van der Waals surface area contributed by atoms with Crippen molar-refractivity contribution >= 4 is 5.91 Å². The molecular weight excluding hydrogens is 294 g/mol. The van der Waals surface area contributed by atoms with Crippen LogP contribution in [0.4, 0.5) is 0 Å². The van der Waals surface area contributed by atoms with E-state index in [9.17, 15) is 9.90 Å². The fourth-order valence-electron chi connectivity index (χ4n) is 3.54. The van der Waals surface area contributed by atoms with Gasteiger partial charge in [0.05, 0.1) is 0 Å². The molecular formula is C18H25NO4. The lowest BCUT2D eigenvalue weighted by molar-refractivity contribution is 0.0898. The van der Waals surface area contributed by atoms with Crippen LogP contribution in [0.15, 0.2) is 18.2 Å². The Kier molecular flexibility index (Phi) is 5.39. The summed E-state index contributed by atoms with van der Waals surface area (Å²) < 4.78 is 11.0. The maximum absolute atomic E-state index is 12.6. The number of hydrogen-bond donors (Lipinski definition) is 2. The number of rotatable bonds is 5. The van der Waals surface area contributed by atoms with E-state index in [1.807, 2.05) is 0 Å². The van der Waals surface area contributed by atoms with Crippen molar-refractivity contribution in [1.82, 2.24) is 5.32 Å². The molecule has 1 aliphatic heterocycles. The van der Waals surface area contributed by atoms with Gasteiger partial charge < -0.3 is 19.9 Å². The molecule has 0 saturated heterocycles. The summed E-state index contributed by atoms with van der Waals surface area (Å²) in [5, 5.41) is 12.4. The molecule has 126 valence electrons. The van der Waals surface area contributed by atoms with Crippen LogP contribution in [0, 0.1) is 5.92 Å². The van der Waals surface area contributed by atoms with Crippen molar-refractivity contribution in [3.05, 3.63) is 23.8 Å². The lowest BCUT2D eigenvalue weighted by Gasteiger charge is -2.30. The second kappa shape index (κ2) is 7.68. The van der Waals surface area contributed by atoms with Crippen LogP contribution in [0.25, 0.3) is 0 Å². The lowest BCUT2D eigenvalue weighted by Crippen LogP contribution is -2.41. The summed E-state index contributed by atoms with van der Waals surface area (Å²) >= 11 is 0. The highest BCUT2D eigenvalue weighted by atomic mass is 16.6. The highest BCUT2D eigenvalue weighted by Crippen LogP contribution is 2.31. The molecule has 23 heavy (non-hydrogen) atoms. The van der Waals surface area contributed by atoms with E-state index in [1.165, 1.54) is 19.3 Å². The molecule has 2 N–H and O–H groups in total. The molecule has 1 fully saturated rings. The van der Waals surface area contributed by atoms with E-state index in [0.717, 1.165) is 12.8 Å². The van der Waals surface area contributed by atoms with Crippen molar-refractivity contribution in [1.29, 1.82) is 0 Å². The summed E-state index contributed by atoms with van der Waals surface area (Å²) in [6.07, 6.45) is 6.58. The van der Waals surface area contributed by atoms with Gasteiger partial charge in [0.15, 0.2) is 11.5 Å². The Labute approximate surface area is 137 Å². The molecule has 2 aliphatic rings. The molecule has 5 heteroatoms. The van der Waals surface area contributed by atoms with Gasteiger partial charge in [-0.15, -0.1) is 0 Å². The number of aliphatic hydroxyl groups excluding tert-OH is 1. The minimum atomic E-state index is -0.106. The summed E-state index contributed by atoms with van der Waals surface area (Å²) in [5.41, 5.74) is 0.577. The van der Waals surface area contributed by atoms with Gasteiger partial charge in [-0.2, -0.15) is 0 Å². The summed E-state index contributed by atoms with van der Waals surface area (Å²) in [4.78, 5) is 12.6. The van der Waals surface area contributed by atoms with Gasteiger partial charge in [0.25, 0.3) is 5.91 Å². The molecule has 5 nitrogen and oxygen atoms in total. The number of carbonyl (C=O) groups is 1. The van der Waals surface area contributed by atoms with Crippen LogP contribution in [-0.4, -0.2) is 36.9 Å². The number of nitrogens with one attached hydrogen (secondary N) is 1. The summed E-state index contributed by atoms with van der Waals surface area (Å²) in [5.74, 6) is 1.68. The van der Waals surface area contributed by atoms with Crippen LogP contribution in [-0.2, 0) is 0 Å². The average molecular weight is 319 g/mol. The number of carbonyl (C=O) groups excluding carboxylic acids is 1. The van der Waals surface area contributed by atoms with Gasteiger partial charge in [-0.25, -0.2) is 0 Å². The third-order valence-corrected chi connectivity index (χ3v) is 4.78. The van der Waals surface area contributed by atoms with Crippen LogP contribution in [0.5, 0.6) is 11.5 Å². The summed E-state index contributed by atoms with van der Waals surface area (Å²) in [7, 11) is 0. The normalized spacial score (nSPS) is 19.2. The minimum Gasteiger partial charge on any atom is -0.486 e. The van der Waals surface area contributed by atoms with E-state index >= 15 is 0 Å². The number of ether oxygens (including phenoxy) is 2. The number of hydrogen-bond acceptors (Lipinski definition) is 4. The van der Waals surface area contributed by atoms with E-state index < -0.39 is 0 Å². The van der Waals surface area contributed by atoms with Gasteiger partial charge >= 0.3 is 0 Å². The molecule has 1 aromatic carbocycles. The molecule has 1 heterocycles. The number of fused-ring (bicyclic) bond motifs is 1. The maximum Gasteiger partial charge on any atom is 0.251 e. The molecule has 0 radical (unpaired) electrons. The first-order valence-corrected chi connectivity index (χ1v) is 8.59. The molecule has 0 aromatic heterocycles. The molecule has 3 rings (SSSR count). The largest absolute Gasteiger partial charge is 0.486 e. The molecule has 0 bridgehead atoms. The lowest BCUT2D eigenvalue weighted by atomic mass is 9.82. The first-order valence-electron chi connectivity index (χ1n) is 8.59. The second-order valence-electron chi connectivity index (χ2n) is 6.35.